The molecule has 124 valence electrons. The Hall–Kier alpha value is -1.95. The van der Waals surface area contributed by atoms with Crippen LogP contribution in [0.15, 0.2) is 24.4 Å². The number of aromatic carboxylic acids is 1. The zero-order chi connectivity index (χ0) is 16.8. The molecule has 0 saturated carbocycles. The van der Waals surface area contributed by atoms with Gasteiger partial charge in [-0.25, -0.2) is 13.6 Å². The highest BCUT2D eigenvalue weighted by atomic mass is 19.3. The summed E-state index contributed by atoms with van der Waals surface area (Å²) in [6, 6.07) is 5.24. The van der Waals surface area contributed by atoms with Crippen LogP contribution in [0.2, 0.25) is 0 Å². The van der Waals surface area contributed by atoms with Crippen LogP contribution < -0.4 is 0 Å². The van der Waals surface area contributed by atoms with E-state index < -0.39 is 11.9 Å². The van der Waals surface area contributed by atoms with Gasteiger partial charge in [0, 0.05) is 49.4 Å². The third-order valence-electron chi connectivity index (χ3n) is 4.82. The molecule has 2 aromatic heterocycles. The Bertz CT molecular complexity index is 744. The first-order valence-corrected chi connectivity index (χ1v) is 7.76. The predicted octanol–water partition coefficient (Wildman–Crippen LogP) is 3.74. The van der Waals surface area contributed by atoms with Crippen LogP contribution in [-0.4, -0.2) is 39.4 Å². The summed E-state index contributed by atoms with van der Waals surface area (Å²) in [5, 5.41) is 9.43. The van der Waals surface area contributed by atoms with E-state index in [2.05, 4.69) is 0 Å². The third-order valence-corrected chi connectivity index (χ3v) is 4.82. The predicted molar refractivity (Wildman–Crippen MR) is 83.3 cm³/mol. The van der Waals surface area contributed by atoms with Gasteiger partial charge in [0.1, 0.15) is 0 Å². The summed E-state index contributed by atoms with van der Waals surface area (Å²) in [7, 11) is 0. The van der Waals surface area contributed by atoms with Crippen molar-refractivity contribution >= 4 is 11.5 Å². The third kappa shape index (κ3) is 2.83. The molecule has 1 saturated heterocycles. The molecule has 1 atom stereocenters. The number of carboxylic acids is 1. The molecular formula is C17H20F2N2O2. The lowest BCUT2D eigenvalue weighted by atomic mass is 9.99. The van der Waals surface area contributed by atoms with E-state index in [-0.39, 0.29) is 24.4 Å². The molecule has 0 aromatic carbocycles. The van der Waals surface area contributed by atoms with Crippen molar-refractivity contribution in [3.05, 3.63) is 41.2 Å². The Balaban J connectivity index is 2.03. The first-order valence-electron chi connectivity index (χ1n) is 7.76. The lowest BCUT2D eigenvalue weighted by molar-refractivity contribution is -0.0624. The van der Waals surface area contributed by atoms with Gasteiger partial charge in [0.15, 0.2) is 0 Å². The summed E-state index contributed by atoms with van der Waals surface area (Å²) < 4.78 is 28.7. The normalized spacial score (nSPS) is 19.8. The highest BCUT2D eigenvalue weighted by Crippen LogP contribution is 2.34. The first kappa shape index (κ1) is 15.9. The van der Waals surface area contributed by atoms with Crippen LogP contribution >= 0.6 is 0 Å². The SMILES string of the molecule is Cc1c(C(=O)O)cc2cccn2c1C(C)N1CCC(F)(F)CC1. The number of hydrogen-bond donors (Lipinski definition) is 1. The Morgan fingerprint density at radius 2 is 2.00 bits per heavy atom. The van der Waals surface area contributed by atoms with Gasteiger partial charge >= 0.3 is 5.97 Å². The fraction of sp³-hybridized carbons (Fsp3) is 0.471. The first-order chi connectivity index (χ1) is 10.8. The number of nitrogens with zero attached hydrogens (tertiary/aromatic N) is 2. The quantitative estimate of drug-likeness (QED) is 0.936. The van der Waals surface area contributed by atoms with Crippen LogP contribution in [0.4, 0.5) is 8.78 Å². The number of carbonyl (C=O) groups is 1. The smallest absolute Gasteiger partial charge is 0.336 e. The average Bonchev–Trinajstić information content (AvgIpc) is 2.93. The van der Waals surface area contributed by atoms with E-state index >= 15 is 0 Å². The summed E-state index contributed by atoms with van der Waals surface area (Å²) in [6.45, 7) is 4.37. The second kappa shape index (κ2) is 5.60. The van der Waals surface area contributed by atoms with Crippen LogP contribution in [0, 0.1) is 6.92 Å². The molecule has 1 aliphatic rings. The van der Waals surface area contributed by atoms with Crippen molar-refractivity contribution in [1.82, 2.24) is 9.30 Å². The molecule has 23 heavy (non-hydrogen) atoms. The average molecular weight is 322 g/mol. The van der Waals surface area contributed by atoms with Crippen LogP contribution in [0.25, 0.3) is 5.52 Å². The number of carboxylic acid groups (broad SMARTS) is 1. The molecule has 0 bridgehead atoms. The van der Waals surface area contributed by atoms with Gasteiger partial charge in [-0.2, -0.15) is 0 Å². The molecule has 0 radical (unpaired) electrons. The maximum Gasteiger partial charge on any atom is 0.336 e. The lowest BCUT2D eigenvalue weighted by Gasteiger charge is -2.36. The van der Waals surface area contributed by atoms with Crippen molar-refractivity contribution in [2.75, 3.05) is 13.1 Å². The monoisotopic (exact) mass is 322 g/mol. The number of alkyl halides is 2. The van der Waals surface area contributed by atoms with E-state index in [1.807, 2.05) is 34.6 Å². The summed E-state index contributed by atoms with van der Waals surface area (Å²) in [4.78, 5) is 13.5. The van der Waals surface area contributed by atoms with Crippen molar-refractivity contribution in [3.63, 3.8) is 0 Å². The number of fused-ring (bicyclic) bond motifs is 1. The minimum absolute atomic E-state index is 0.125. The number of rotatable bonds is 3. The molecule has 1 aliphatic heterocycles. The maximum absolute atomic E-state index is 13.4. The second-order valence-corrected chi connectivity index (χ2v) is 6.24. The largest absolute Gasteiger partial charge is 0.478 e. The van der Waals surface area contributed by atoms with E-state index in [1.54, 1.807) is 13.0 Å². The lowest BCUT2D eigenvalue weighted by Crippen LogP contribution is -2.41. The molecule has 2 aromatic rings. The number of pyridine rings is 1. The molecule has 0 aliphatic carbocycles. The summed E-state index contributed by atoms with van der Waals surface area (Å²) in [5.74, 6) is -3.55. The zero-order valence-corrected chi connectivity index (χ0v) is 13.2. The van der Waals surface area contributed by atoms with Gasteiger partial charge < -0.3 is 9.51 Å². The van der Waals surface area contributed by atoms with E-state index in [9.17, 15) is 18.7 Å². The molecule has 1 N–H and O–H groups in total. The molecule has 3 rings (SSSR count). The summed E-state index contributed by atoms with van der Waals surface area (Å²) in [5.41, 5.74) is 2.61. The number of halogens is 2. The number of piperidine rings is 1. The van der Waals surface area contributed by atoms with E-state index in [4.69, 9.17) is 0 Å². The van der Waals surface area contributed by atoms with Crippen molar-refractivity contribution in [2.24, 2.45) is 0 Å². The van der Waals surface area contributed by atoms with Gasteiger partial charge in [0.05, 0.1) is 5.56 Å². The molecule has 6 heteroatoms. The van der Waals surface area contributed by atoms with Crippen LogP contribution in [0.3, 0.4) is 0 Å². The molecule has 1 fully saturated rings. The van der Waals surface area contributed by atoms with E-state index in [0.717, 1.165) is 11.2 Å². The molecular weight excluding hydrogens is 302 g/mol. The minimum Gasteiger partial charge on any atom is -0.478 e. The van der Waals surface area contributed by atoms with Crippen molar-refractivity contribution in [1.29, 1.82) is 0 Å². The van der Waals surface area contributed by atoms with Gasteiger partial charge in [0.25, 0.3) is 5.92 Å². The number of hydrogen-bond acceptors (Lipinski definition) is 2. The molecule has 0 spiro atoms. The highest BCUT2D eigenvalue weighted by molar-refractivity contribution is 5.91. The fourth-order valence-corrected chi connectivity index (χ4v) is 3.45. The Labute approximate surface area is 133 Å². The fourth-order valence-electron chi connectivity index (χ4n) is 3.45. The maximum atomic E-state index is 13.4. The van der Waals surface area contributed by atoms with Crippen molar-refractivity contribution in [2.45, 2.75) is 38.7 Å². The van der Waals surface area contributed by atoms with Crippen molar-refractivity contribution < 1.29 is 18.7 Å². The summed E-state index contributed by atoms with van der Waals surface area (Å²) >= 11 is 0. The van der Waals surface area contributed by atoms with Gasteiger partial charge in [0.2, 0.25) is 0 Å². The molecule has 1 unspecified atom stereocenters. The topological polar surface area (TPSA) is 44.9 Å². The zero-order valence-electron chi connectivity index (χ0n) is 13.2. The second-order valence-electron chi connectivity index (χ2n) is 6.24. The van der Waals surface area contributed by atoms with Gasteiger partial charge in [-0.05, 0) is 37.6 Å². The van der Waals surface area contributed by atoms with Gasteiger partial charge in [-0.1, -0.05) is 0 Å². The summed E-state index contributed by atoms with van der Waals surface area (Å²) in [6.07, 6.45) is 1.59. The van der Waals surface area contributed by atoms with Gasteiger partial charge in [-0.3, -0.25) is 4.90 Å². The molecule has 4 nitrogen and oxygen atoms in total. The van der Waals surface area contributed by atoms with Crippen LogP contribution in [0.1, 0.15) is 47.4 Å². The standard InChI is InChI=1S/C17H20F2N2O2/c1-11-14(16(22)23)10-13-4-3-7-21(13)15(11)12(2)20-8-5-17(18,19)6-9-20/h3-4,7,10,12H,5-6,8-9H2,1-2H3,(H,22,23). The van der Waals surface area contributed by atoms with Crippen LogP contribution in [-0.2, 0) is 0 Å². The highest BCUT2D eigenvalue weighted by Gasteiger charge is 2.36. The van der Waals surface area contributed by atoms with Gasteiger partial charge in [-0.15, -0.1) is 0 Å². The number of likely N-dealkylation sites (tertiary alicyclic amines) is 1. The van der Waals surface area contributed by atoms with E-state index in [0.29, 0.717) is 18.7 Å². The Morgan fingerprint density at radius 3 is 2.61 bits per heavy atom. The Morgan fingerprint density at radius 1 is 1.35 bits per heavy atom. The molecule has 3 heterocycles. The van der Waals surface area contributed by atoms with E-state index in [1.165, 1.54) is 0 Å². The molecule has 0 amide bonds. The minimum atomic E-state index is -2.59. The number of aromatic nitrogens is 1. The van der Waals surface area contributed by atoms with Crippen molar-refractivity contribution in [3.8, 4) is 0 Å². The van der Waals surface area contributed by atoms with Crippen LogP contribution in [0.5, 0.6) is 0 Å². The Kier molecular flexibility index (Phi) is 3.88.